The van der Waals surface area contributed by atoms with Crippen molar-refractivity contribution in [2.24, 2.45) is 0 Å². The molecular weight excluding hydrogens is 503 g/mol. The Bertz CT molecular complexity index is 1620. The van der Waals surface area contributed by atoms with E-state index in [-0.39, 0.29) is 22.7 Å². The number of hydrogen-bond donors (Lipinski definition) is 1. The molecule has 0 radical (unpaired) electrons. The summed E-state index contributed by atoms with van der Waals surface area (Å²) in [6.07, 6.45) is -3.34. The van der Waals surface area contributed by atoms with Gasteiger partial charge >= 0.3 is 17.8 Å². The molecule has 1 aliphatic rings. The number of carboxylic acid groups (broad SMARTS) is 1. The second-order valence-corrected chi connectivity index (χ2v) is 9.78. The Morgan fingerprint density at radius 1 is 1.05 bits per heavy atom. The third kappa shape index (κ3) is 4.02. The fourth-order valence-corrected chi connectivity index (χ4v) is 5.21. The highest BCUT2D eigenvalue weighted by atomic mass is 19.4. The molecule has 3 aromatic rings. The summed E-state index contributed by atoms with van der Waals surface area (Å²) in [5, 5.41) is 9.73. The average Bonchev–Trinajstić information content (AvgIpc) is 3.01. The maximum absolute atomic E-state index is 13.7. The van der Waals surface area contributed by atoms with E-state index in [2.05, 4.69) is 0 Å². The van der Waals surface area contributed by atoms with Crippen LogP contribution in [0.5, 0.6) is 0 Å². The minimum Gasteiger partial charge on any atom is -0.477 e. The minimum absolute atomic E-state index is 0.0473. The van der Waals surface area contributed by atoms with E-state index >= 15 is 0 Å². The molecule has 200 valence electrons. The molecule has 1 aliphatic heterocycles. The van der Waals surface area contributed by atoms with E-state index in [1.807, 2.05) is 6.92 Å². The summed E-state index contributed by atoms with van der Waals surface area (Å²) < 4.78 is 42.0. The number of halogens is 3. The number of benzene rings is 2. The highest BCUT2D eigenvalue weighted by Crippen LogP contribution is 2.44. The van der Waals surface area contributed by atoms with Crippen LogP contribution in [0.4, 0.5) is 18.9 Å². The lowest BCUT2D eigenvalue weighted by Crippen LogP contribution is -2.42. The topological polar surface area (TPSA) is 102 Å². The summed E-state index contributed by atoms with van der Waals surface area (Å²) in [5.41, 5.74) is -2.50. The lowest BCUT2D eigenvalue weighted by Gasteiger charge is -2.22. The van der Waals surface area contributed by atoms with Crippen molar-refractivity contribution in [3.8, 4) is 5.69 Å². The molecule has 0 fully saturated rings. The van der Waals surface area contributed by atoms with Crippen LogP contribution in [0.3, 0.4) is 0 Å². The third-order valence-electron chi connectivity index (χ3n) is 7.19. The standard InChI is InChI=1S/C27H26F3N3O5/c1-6-16-19(10-11-20-21(16)26(3,4)24(37)31(20)5)32-13-17(23(35)36)22(34)33(25(32)38)12-15-8-7-9-18(14(15)2)27(28,29)30/h7-11,13H,6,12H2,1-5H3,(H,35,36). The van der Waals surface area contributed by atoms with Gasteiger partial charge in [0.25, 0.3) is 5.56 Å². The number of likely N-dealkylation sites (N-methyl/N-ethyl adjacent to an activating group) is 1. The molecule has 38 heavy (non-hydrogen) atoms. The van der Waals surface area contributed by atoms with E-state index < -0.39 is 46.5 Å². The molecule has 0 atom stereocenters. The minimum atomic E-state index is -4.65. The van der Waals surface area contributed by atoms with Crippen LogP contribution in [-0.2, 0) is 29.4 Å². The van der Waals surface area contributed by atoms with E-state index in [4.69, 9.17) is 0 Å². The summed E-state index contributed by atoms with van der Waals surface area (Å²) >= 11 is 0. The SMILES string of the molecule is CCc1c(-n2cc(C(=O)O)c(=O)n(Cc3cccc(C(F)(F)F)c3C)c2=O)ccc2c1C(C)(C)C(=O)N2C. The fourth-order valence-electron chi connectivity index (χ4n) is 5.21. The molecule has 1 N–H and O–H groups in total. The van der Waals surface area contributed by atoms with Crippen LogP contribution in [0, 0.1) is 6.92 Å². The Morgan fingerprint density at radius 2 is 1.68 bits per heavy atom. The largest absolute Gasteiger partial charge is 0.477 e. The maximum Gasteiger partial charge on any atom is 0.416 e. The summed E-state index contributed by atoms with van der Waals surface area (Å²) in [4.78, 5) is 53.1. The maximum atomic E-state index is 13.7. The normalized spacial score (nSPS) is 14.6. The molecule has 4 rings (SSSR count). The monoisotopic (exact) mass is 529 g/mol. The molecule has 0 spiro atoms. The lowest BCUT2D eigenvalue weighted by molar-refractivity contribution is -0.138. The highest BCUT2D eigenvalue weighted by molar-refractivity contribution is 6.08. The van der Waals surface area contributed by atoms with Crippen molar-refractivity contribution in [1.82, 2.24) is 9.13 Å². The van der Waals surface area contributed by atoms with Crippen molar-refractivity contribution in [2.75, 3.05) is 11.9 Å². The first-order chi connectivity index (χ1) is 17.6. The molecule has 0 bridgehead atoms. The molecule has 0 saturated carbocycles. The van der Waals surface area contributed by atoms with E-state index in [1.54, 1.807) is 33.0 Å². The highest BCUT2D eigenvalue weighted by Gasteiger charge is 2.44. The first-order valence-electron chi connectivity index (χ1n) is 11.8. The lowest BCUT2D eigenvalue weighted by atomic mass is 9.82. The predicted molar refractivity (Wildman–Crippen MR) is 134 cm³/mol. The van der Waals surface area contributed by atoms with Gasteiger partial charge in [-0.3, -0.25) is 18.7 Å². The van der Waals surface area contributed by atoms with Gasteiger partial charge in [-0.25, -0.2) is 9.59 Å². The number of rotatable bonds is 5. The second kappa shape index (κ2) is 9.00. The number of aromatic nitrogens is 2. The summed E-state index contributed by atoms with van der Waals surface area (Å²) in [5.74, 6) is -1.74. The number of alkyl halides is 3. The number of amides is 1. The zero-order valence-electron chi connectivity index (χ0n) is 21.4. The summed E-state index contributed by atoms with van der Waals surface area (Å²) in [6.45, 7) is 6.00. The van der Waals surface area contributed by atoms with Crippen LogP contribution < -0.4 is 16.1 Å². The molecule has 1 aromatic heterocycles. The van der Waals surface area contributed by atoms with Crippen LogP contribution in [0.2, 0.25) is 0 Å². The van der Waals surface area contributed by atoms with Gasteiger partial charge in [-0.1, -0.05) is 19.1 Å². The average molecular weight is 530 g/mol. The van der Waals surface area contributed by atoms with Crippen LogP contribution >= 0.6 is 0 Å². The molecule has 0 unspecified atom stereocenters. The van der Waals surface area contributed by atoms with Gasteiger partial charge in [0.15, 0.2) is 0 Å². The van der Waals surface area contributed by atoms with Gasteiger partial charge in [-0.2, -0.15) is 13.2 Å². The Balaban J connectivity index is 2.00. The van der Waals surface area contributed by atoms with Gasteiger partial charge in [-0.05, 0) is 67.6 Å². The van der Waals surface area contributed by atoms with Crippen molar-refractivity contribution in [2.45, 2.75) is 52.3 Å². The molecule has 0 aliphatic carbocycles. The number of anilines is 1. The van der Waals surface area contributed by atoms with Crippen LogP contribution in [0.15, 0.2) is 46.1 Å². The third-order valence-corrected chi connectivity index (χ3v) is 7.19. The first kappa shape index (κ1) is 26.9. The smallest absolute Gasteiger partial charge is 0.416 e. The van der Waals surface area contributed by atoms with E-state index in [9.17, 15) is 37.5 Å². The van der Waals surface area contributed by atoms with Crippen LogP contribution in [-0.4, -0.2) is 33.2 Å². The number of fused-ring (bicyclic) bond motifs is 1. The molecule has 0 saturated heterocycles. The zero-order chi connectivity index (χ0) is 28.3. The zero-order valence-corrected chi connectivity index (χ0v) is 21.4. The van der Waals surface area contributed by atoms with Gasteiger partial charge in [0.2, 0.25) is 5.91 Å². The van der Waals surface area contributed by atoms with Gasteiger partial charge < -0.3 is 10.0 Å². The van der Waals surface area contributed by atoms with Gasteiger partial charge in [0, 0.05) is 18.9 Å². The quantitative estimate of drug-likeness (QED) is 0.541. The van der Waals surface area contributed by atoms with E-state index in [1.165, 1.54) is 24.0 Å². The Hall–Kier alpha value is -4.15. The number of carbonyl (C=O) groups is 2. The Kier molecular flexibility index (Phi) is 6.37. The van der Waals surface area contributed by atoms with Crippen LogP contribution in [0.1, 0.15) is 58.9 Å². The number of carbonyl (C=O) groups excluding carboxylic acids is 1. The van der Waals surface area contributed by atoms with Gasteiger partial charge in [0.1, 0.15) is 5.56 Å². The van der Waals surface area contributed by atoms with Crippen molar-refractivity contribution < 1.29 is 27.9 Å². The van der Waals surface area contributed by atoms with Crippen LogP contribution in [0.25, 0.3) is 5.69 Å². The molecule has 1 amide bonds. The molecule has 2 heterocycles. The number of nitrogens with zero attached hydrogens (tertiary/aromatic N) is 3. The van der Waals surface area contributed by atoms with Crippen molar-refractivity contribution in [3.05, 3.63) is 90.7 Å². The number of hydrogen-bond acceptors (Lipinski definition) is 4. The first-order valence-corrected chi connectivity index (χ1v) is 11.8. The van der Waals surface area contributed by atoms with Crippen molar-refractivity contribution in [1.29, 1.82) is 0 Å². The summed E-state index contributed by atoms with van der Waals surface area (Å²) in [7, 11) is 1.64. The van der Waals surface area contributed by atoms with Gasteiger partial charge in [-0.15, -0.1) is 0 Å². The molecule has 11 heteroatoms. The van der Waals surface area contributed by atoms with Gasteiger partial charge in [0.05, 0.1) is 23.2 Å². The van der Waals surface area contributed by atoms with Crippen molar-refractivity contribution in [3.63, 3.8) is 0 Å². The Morgan fingerprint density at radius 3 is 2.26 bits per heavy atom. The summed E-state index contributed by atoms with van der Waals surface area (Å²) in [6, 6.07) is 6.63. The van der Waals surface area contributed by atoms with Crippen molar-refractivity contribution >= 4 is 17.6 Å². The molecule has 2 aromatic carbocycles. The predicted octanol–water partition coefficient (Wildman–Crippen LogP) is 3.89. The van der Waals surface area contributed by atoms with E-state index in [0.717, 1.165) is 16.8 Å². The van der Waals surface area contributed by atoms with E-state index in [0.29, 0.717) is 27.8 Å². The fraction of sp³-hybridized carbons (Fsp3) is 0.333. The second-order valence-electron chi connectivity index (χ2n) is 9.78. The number of carboxylic acids is 1. The molecular formula is C27H26F3N3O5. The Labute approximate surface area is 215 Å². The number of aromatic carboxylic acids is 1. The molecule has 8 nitrogen and oxygen atoms in total.